The van der Waals surface area contributed by atoms with Crippen LogP contribution >= 0.6 is 0 Å². The van der Waals surface area contributed by atoms with Gasteiger partial charge in [-0.3, -0.25) is 9.59 Å². The molecule has 0 radical (unpaired) electrons. The molecule has 0 amide bonds. The molecule has 0 spiro atoms. The van der Waals surface area contributed by atoms with E-state index in [1.54, 1.807) is 42.5 Å². The fourth-order valence-corrected chi connectivity index (χ4v) is 4.80. The molecule has 9 nitrogen and oxygen atoms in total. The highest BCUT2D eigenvalue weighted by molar-refractivity contribution is 6.45. The first-order chi connectivity index (χ1) is 21.2. The van der Waals surface area contributed by atoms with Crippen molar-refractivity contribution in [2.75, 3.05) is 0 Å². The van der Waals surface area contributed by atoms with Crippen molar-refractivity contribution in [2.45, 2.75) is 59.8 Å². The van der Waals surface area contributed by atoms with E-state index >= 15 is 0 Å². The zero-order valence-corrected chi connectivity index (χ0v) is 25.3. The summed E-state index contributed by atoms with van der Waals surface area (Å²) in [6.45, 7) is 6.13. The third-order valence-corrected chi connectivity index (χ3v) is 7.01. The molecule has 0 saturated carbocycles. The SMILES string of the molecule is CCCCCC/C(=N\OC(C)=O)c1cn(-c2ccc(C(=O)/C(C)=N\OC(C)=O)cc2)c2ccc(C(=O)c3ccccc3)cc12. The van der Waals surface area contributed by atoms with Gasteiger partial charge in [-0.15, -0.1) is 0 Å². The van der Waals surface area contributed by atoms with Crippen molar-refractivity contribution in [3.8, 4) is 5.69 Å². The molecule has 9 heteroatoms. The minimum absolute atomic E-state index is 0.0478. The minimum Gasteiger partial charge on any atom is -0.318 e. The predicted molar refractivity (Wildman–Crippen MR) is 169 cm³/mol. The molecule has 4 rings (SSSR count). The quantitative estimate of drug-likeness (QED) is 0.0531. The van der Waals surface area contributed by atoms with Crippen molar-refractivity contribution in [3.63, 3.8) is 0 Å². The molecule has 0 atom stereocenters. The van der Waals surface area contributed by atoms with E-state index in [1.165, 1.54) is 20.8 Å². The number of fused-ring (bicyclic) bond motifs is 1. The largest absolute Gasteiger partial charge is 0.331 e. The Balaban J connectivity index is 1.80. The maximum atomic E-state index is 13.4. The third-order valence-electron chi connectivity index (χ3n) is 7.01. The number of Topliss-reactive ketones (excluding diaryl/α,β-unsaturated/α-hetero) is 1. The summed E-state index contributed by atoms with van der Waals surface area (Å²) >= 11 is 0. The number of aromatic nitrogens is 1. The predicted octanol–water partition coefficient (Wildman–Crippen LogP) is 7.22. The second-order valence-electron chi connectivity index (χ2n) is 10.4. The van der Waals surface area contributed by atoms with Crippen LogP contribution in [0.15, 0.2) is 89.3 Å². The number of hydrogen-bond donors (Lipinski definition) is 0. The first kappa shape index (κ1) is 31.7. The van der Waals surface area contributed by atoms with Crippen LogP contribution < -0.4 is 0 Å². The van der Waals surface area contributed by atoms with Crippen molar-refractivity contribution in [1.82, 2.24) is 4.57 Å². The molecular formula is C35H35N3O6. The molecule has 0 unspecified atom stereocenters. The number of unbranched alkanes of at least 4 members (excludes halogenated alkanes) is 3. The molecule has 0 fully saturated rings. The van der Waals surface area contributed by atoms with Crippen molar-refractivity contribution in [2.24, 2.45) is 10.3 Å². The van der Waals surface area contributed by atoms with Crippen molar-refractivity contribution in [3.05, 3.63) is 101 Å². The molecule has 0 aliphatic heterocycles. The molecule has 0 saturated heterocycles. The minimum atomic E-state index is -0.613. The zero-order chi connectivity index (χ0) is 31.6. The summed E-state index contributed by atoms with van der Waals surface area (Å²) in [6.07, 6.45) is 6.50. The number of oxime groups is 2. The highest BCUT2D eigenvalue weighted by Crippen LogP contribution is 2.29. The fourth-order valence-electron chi connectivity index (χ4n) is 4.80. The van der Waals surface area contributed by atoms with E-state index in [2.05, 4.69) is 22.1 Å². The van der Waals surface area contributed by atoms with E-state index in [0.29, 0.717) is 28.8 Å². The van der Waals surface area contributed by atoms with Crippen LogP contribution in [-0.2, 0) is 19.3 Å². The lowest BCUT2D eigenvalue weighted by Gasteiger charge is -2.08. The second kappa shape index (κ2) is 14.8. The number of carbonyl (C=O) groups is 4. The van der Waals surface area contributed by atoms with E-state index in [9.17, 15) is 19.2 Å². The van der Waals surface area contributed by atoms with Crippen LogP contribution in [-0.4, -0.2) is 39.5 Å². The van der Waals surface area contributed by atoms with Crippen LogP contribution in [0.5, 0.6) is 0 Å². The number of nitrogens with zero attached hydrogens (tertiary/aromatic N) is 3. The lowest BCUT2D eigenvalue weighted by molar-refractivity contribution is -0.141. The topological polar surface area (TPSA) is 116 Å². The second-order valence-corrected chi connectivity index (χ2v) is 10.4. The molecule has 226 valence electrons. The first-order valence-electron chi connectivity index (χ1n) is 14.6. The van der Waals surface area contributed by atoms with E-state index in [0.717, 1.165) is 47.8 Å². The van der Waals surface area contributed by atoms with Gasteiger partial charge in [0.25, 0.3) is 0 Å². The molecule has 0 aliphatic carbocycles. The van der Waals surface area contributed by atoms with Crippen LogP contribution in [0.2, 0.25) is 0 Å². The van der Waals surface area contributed by atoms with Crippen LogP contribution in [0.1, 0.15) is 91.6 Å². The number of hydrogen-bond acceptors (Lipinski definition) is 8. The van der Waals surface area contributed by atoms with Crippen LogP contribution in [0.25, 0.3) is 16.6 Å². The summed E-state index contributed by atoms with van der Waals surface area (Å²) in [5.41, 5.74) is 4.43. The van der Waals surface area contributed by atoms with Crippen LogP contribution in [0, 0.1) is 0 Å². The van der Waals surface area contributed by atoms with Gasteiger partial charge in [0, 0.05) is 53.4 Å². The zero-order valence-electron chi connectivity index (χ0n) is 25.3. The summed E-state index contributed by atoms with van der Waals surface area (Å²) in [6, 6.07) is 21.5. The van der Waals surface area contributed by atoms with Gasteiger partial charge < -0.3 is 14.2 Å². The summed E-state index contributed by atoms with van der Waals surface area (Å²) in [4.78, 5) is 58.7. The Morgan fingerprint density at radius 2 is 1.39 bits per heavy atom. The van der Waals surface area contributed by atoms with Crippen molar-refractivity contribution < 1.29 is 28.9 Å². The molecule has 3 aromatic carbocycles. The molecule has 4 aromatic rings. The summed E-state index contributed by atoms with van der Waals surface area (Å²) in [5, 5.41) is 8.61. The van der Waals surface area contributed by atoms with E-state index < -0.39 is 11.9 Å². The average molecular weight is 594 g/mol. The Bertz CT molecular complexity index is 1730. The molecule has 0 aliphatic rings. The maximum Gasteiger partial charge on any atom is 0.331 e. The Morgan fingerprint density at radius 1 is 0.727 bits per heavy atom. The van der Waals surface area contributed by atoms with Gasteiger partial charge in [-0.2, -0.15) is 0 Å². The number of ketones is 2. The number of benzene rings is 3. The molecule has 1 heterocycles. The van der Waals surface area contributed by atoms with Gasteiger partial charge >= 0.3 is 11.9 Å². The monoisotopic (exact) mass is 593 g/mol. The molecule has 44 heavy (non-hydrogen) atoms. The fraction of sp³-hybridized carbons (Fsp3) is 0.257. The Kier molecular flexibility index (Phi) is 10.7. The van der Waals surface area contributed by atoms with Gasteiger partial charge in [0.2, 0.25) is 5.78 Å². The lowest BCUT2D eigenvalue weighted by atomic mass is 9.98. The standard InChI is InChI=1S/C35H35N3O6/c1-5-6-7-11-14-32(37-44-25(4)40)31-22-38(29-18-15-27(16-19-29)34(41)23(2)36-43-24(3)39)33-20-17-28(21-30(31)33)35(42)26-12-9-8-10-13-26/h8-10,12-13,15-22H,5-7,11,14H2,1-4H3/b36-23-,37-32+. The molecule has 0 bridgehead atoms. The average Bonchev–Trinajstić information content (AvgIpc) is 3.41. The Morgan fingerprint density at radius 3 is 2.05 bits per heavy atom. The van der Waals surface area contributed by atoms with Gasteiger partial charge in [0.05, 0.1) is 11.2 Å². The van der Waals surface area contributed by atoms with Crippen LogP contribution in [0.4, 0.5) is 0 Å². The Hall–Kier alpha value is -5.18. The smallest absolute Gasteiger partial charge is 0.318 e. The molecule has 1 aromatic heterocycles. The van der Waals surface area contributed by atoms with Gasteiger partial charge in [-0.25, -0.2) is 9.59 Å². The third kappa shape index (κ3) is 7.80. The highest BCUT2D eigenvalue weighted by atomic mass is 16.7. The van der Waals surface area contributed by atoms with Gasteiger partial charge in [0.1, 0.15) is 5.71 Å². The first-order valence-corrected chi connectivity index (χ1v) is 14.6. The Labute approximate surface area is 256 Å². The van der Waals surface area contributed by atoms with Crippen molar-refractivity contribution >= 4 is 45.8 Å². The van der Waals surface area contributed by atoms with E-state index in [4.69, 9.17) is 4.84 Å². The number of rotatable bonds is 13. The maximum absolute atomic E-state index is 13.4. The molecular weight excluding hydrogens is 558 g/mol. The summed E-state index contributed by atoms with van der Waals surface area (Å²) < 4.78 is 1.95. The lowest BCUT2D eigenvalue weighted by Crippen LogP contribution is -2.12. The normalized spacial score (nSPS) is 11.8. The van der Waals surface area contributed by atoms with Gasteiger partial charge in [-0.1, -0.05) is 66.8 Å². The summed E-state index contributed by atoms with van der Waals surface area (Å²) in [7, 11) is 0. The van der Waals surface area contributed by atoms with E-state index in [1.807, 2.05) is 41.1 Å². The number of carbonyl (C=O) groups excluding carboxylic acids is 4. The van der Waals surface area contributed by atoms with Gasteiger partial charge in [0.15, 0.2) is 5.78 Å². The highest BCUT2D eigenvalue weighted by Gasteiger charge is 2.19. The summed E-state index contributed by atoms with van der Waals surface area (Å²) in [5.74, 6) is -1.62. The van der Waals surface area contributed by atoms with Gasteiger partial charge in [-0.05, 0) is 62.2 Å². The molecule has 0 N–H and O–H groups in total. The van der Waals surface area contributed by atoms with E-state index in [-0.39, 0.29) is 17.3 Å². The van der Waals surface area contributed by atoms with Crippen LogP contribution in [0.3, 0.4) is 0 Å². The van der Waals surface area contributed by atoms with Crippen molar-refractivity contribution in [1.29, 1.82) is 0 Å².